The van der Waals surface area contributed by atoms with Gasteiger partial charge in [-0.15, -0.1) is 23.5 Å². The summed E-state index contributed by atoms with van der Waals surface area (Å²) in [6.45, 7) is 8.52. The fraction of sp³-hybridized carbons (Fsp3) is 0.425. The minimum atomic E-state index is -1.17. The van der Waals surface area contributed by atoms with Crippen molar-refractivity contribution in [3.05, 3.63) is 78.4 Å². The first-order valence-electron chi connectivity index (χ1n) is 17.7. The van der Waals surface area contributed by atoms with Crippen molar-refractivity contribution in [1.82, 2.24) is 10.6 Å². The summed E-state index contributed by atoms with van der Waals surface area (Å²) >= 11 is 1.77. The van der Waals surface area contributed by atoms with Gasteiger partial charge >= 0.3 is 5.97 Å². The van der Waals surface area contributed by atoms with Crippen LogP contribution in [0.25, 0.3) is 0 Å². The smallest absolute Gasteiger partial charge is 0.325 e. The second kappa shape index (κ2) is 18.5. The van der Waals surface area contributed by atoms with Gasteiger partial charge < -0.3 is 20.1 Å². The Morgan fingerprint density at radius 2 is 1.54 bits per heavy atom. The van der Waals surface area contributed by atoms with Crippen molar-refractivity contribution in [1.29, 1.82) is 0 Å². The van der Waals surface area contributed by atoms with Crippen molar-refractivity contribution in [3.8, 4) is 5.75 Å². The molecule has 3 aromatic carbocycles. The number of fused-ring (bicyclic) bond motifs is 1. The van der Waals surface area contributed by atoms with Gasteiger partial charge in [0.25, 0.3) is 5.91 Å². The largest absolute Gasteiger partial charge is 0.483 e. The molecule has 1 aliphatic rings. The number of hydrogen-bond acceptors (Lipinski definition) is 8. The van der Waals surface area contributed by atoms with Gasteiger partial charge in [-0.05, 0) is 69.7 Å². The summed E-state index contributed by atoms with van der Waals surface area (Å²) in [6.07, 6.45) is 6.02. The average Bonchev–Trinajstić information content (AvgIpc) is 3.20. The highest BCUT2D eigenvalue weighted by molar-refractivity contribution is 8.14. The molecule has 0 aromatic heterocycles. The molecule has 52 heavy (non-hydrogen) atoms. The first kappa shape index (κ1) is 40.5. The van der Waals surface area contributed by atoms with Crippen LogP contribution in [0.1, 0.15) is 84.7 Å². The lowest BCUT2D eigenvalue weighted by atomic mass is 9.77. The number of carbonyl (C=O) groups excluding carboxylic acids is 5. The summed E-state index contributed by atoms with van der Waals surface area (Å²) in [5.74, 6) is -1.60. The highest BCUT2D eigenvalue weighted by Gasteiger charge is 2.50. The Balaban J connectivity index is 1.62. The summed E-state index contributed by atoms with van der Waals surface area (Å²) in [5.41, 5.74) is -0.0853. The predicted octanol–water partition coefficient (Wildman–Crippen LogP) is 7.50. The second-order valence-corrected chi connectivity index (χ2v) is 15.6. The zero-order chi connectivity index (χ0) is 37.9. The standard InChI is InChI=1S/C40H50N3O7S2/c1-7-9-21-40(22-10-8-2)37(47)43(28-19-15-12-16-20-28)29-23-32(51-6)30(24-31(29)52-38(40)48)49-26-33(44)42-35(27-17-13-11-14-18-27)36(46)41-25-34(45)50-39(3,4)5/h11-20,23-24,35,52H,7-10,21-22,25-26H2,1-6H3,(H,41,46)(H,42,44)/t35-/m1/s1. The van der Waals surface area contributed by atoms with Crippen LogP contribution in [0.5, 0.6) is 5.75 Å². The summed E-state index contributed by atoms with van der Waals surface area (Å²) < 4.78 is 11.4. The normalized spacial score (nSPS) is 14.5. The van der Waals surface area contributed by atoms with Crippen LogP contribution in [-0.2, 0) is 28.7 Å². The third kappa shape index (κ3) is 10.2. The van der Waals surface area contributed by atoms with Crippen molar-refractivity contribution in [2.75, 3.05) is 24.3 Å². The van der Waals surface area contributed by atoms with Gasteiger partial charge in [0.2, 0.25) is 11.8 Å². The van der Waals surface area contributed by atoms with Crippen molar-refractivity contribution < 1.29 is 33.4 Å². The molecular weight excluding hydrogens is 699 g/mol. The van der Waals surface area contributed by atoms with Gasteiger partial charge in [0.1, 0.15) is 29.4 Å². The highest BCUT2D eigenvalue weighted by atomic mass is 32.2. The number of anilines is 2. The maximum atomic E-state index is 14.7. The number of unbranched alkanes of at least 4 members (excludes halogenated alkanes) is 2. The molecule has 0 fully saturated rings. The summed E-state index contributed by atoms with van der Waals surface area (Å²) in [6, 6.07) is 20.6. The number of hydrogen-bond donors (Lipinski definition) is 3. The maximum Gasteiger partial charge on any atom is 0.325 e. The molecule has 1 aliphatic heterocycles. The van der Waals surface area contributed by atoms with E-state index in [4.69, 9.17) is 9.47 Å². The Kier molecular flexibility index (Phi) is 14.4. The Labute approximate surface area is 315 Å². The zero-order valence-corrected chi connectivity index (χ0v) is 32.5. The molecule has 10 nitrogen and oxygen atoms in total. The first-order valence-corrected chi connectivity index (χ1v) is 19.8. The molecule has 4 rings (SSSR count). The van der Waals surface area contributed by atoms with Gasteiger partial charge in [-0.3, -0.25) is 28.9 Å². The predicted molar refractivity (Wildman–Crippen MR) is 207 cm³/mol. The third-order valence-electron chi connectivity index (χ3n) is 8.56. The number of nitrogens with zero attached hydrogens (tertiary/aromatic N) is 1. The molecule has 0 saturated carbocycles. The van der Waals surface area contributed by atoms with E-state index in [0.717, 1.165) is 25.7 Å². The minimum absolute atomic E-state index is 0.136. The van der Waals surface area contributed by atoms with Gasteiger partial charge in [-0.2, -0.15) is 0 Å². The monoisotopic (exact) mass is 748 g/mol. The van der Waals surface area contributed by atoms with E-state index < -0.39 is 41.4 Å². The van der Waals surface area contributed by atoms with E-state index in [9.17, 15) is 24.0 Å². The zero-order valence-electron chi connectivity index (χ0n) is 30.8. The number of amides is 3. The Morgan fingerprint density at radius 3 is 2.12 bits per heavy atom. The molecule has 3 amide bonds. The summed E-state index contributed by atoms with van der Waals surface area (Å²) in [5, 5.41) is 5.16. The topological polar surface area (TPSA) is 131 Å². The van der Waals surface area contributed by atoms with Gasteiger partial charge in [0.05, 0.1) is 10.6 Å². The molecule has 1 atom stereocenters. The van der Waals surface area contributed by atoms with Crippen LogP contribution < -0.4 is 20.3 Å². The number of para-hydroxylation sites is 1. The lowest BCUT2D eigenvalue weighted by Crippen LogP contribution is -2.45. The van der Waals surface area contributed by atoms with E-state index in [1.165, 1.54) is 11.8 Å². The van der Waals surface area contributed by atoms with E-state index in [0.29, 0.717) is 57.1 Å². The second-order valence-electron chi connectivity index (χ2n) is 13.7. The molecule has 0 unspecified atom stereocenters. The number of benzene rings is 3. The van der Waals surface area contributed by atoms with Crippen LogP contribution in [0, 0.1) is 5.41 Å². The SMILES string of the molecule is CCCCC1(CCCC)C(=O)[SH]c2cc(OCC(=O)N[C@@H](C(=O)NCC(=O)OC(C)(C)C)c3ccccc3)c(SC)cc2N(c2ccccc2)C1=O. The quantitative estimate of drug-likeness (QED) is 0.0595. The number of thiol groups is 1. The van der Waals surface area contributed by atoms with Crippen LogP contribution >= 0.6 is 23.5 Å². The van der Waals surface area contributed by atoms with Crippen molar-refractivity contribution in [2.24, 2.45) is 5.41 Å². The third-order valence-corrected chi connectivity index (χ3v) is 10.5. The van der Waals surface area contributed by atoms with Gasteiger partial charge in [-0.25, -0.2) is 0 Å². The van der Waals surface area contributed by atoms with Crippen LogP contribution in [0.15, 0.2) is 82.6 Å². The molecule has 1 heterocycles. The molecule has 0 aliphatic carbocycles. The van der Waals surface area contributed by atoms with Crippen LogP contribution in [-0.4, -0.2) is 53.8 Å². The van der Waals surface area contributed by atoms with Gasteiger partial charge in [0, 0.05) is 10.6 Å². The Hall–Kier alpha value is -4.29. The van der Waals surface area contributed by atoms with Gasteiger partial charge in [-0.1, -0.05) is 88.1 Å². The fourth-order valence-electron chi connectivity index (χ4n) is 5.98. The van der Waals surface area contributed by atoms with E-state index in [-0.39, 0.29) is 17.6 Å². The number of nitrogens with one attached hydrogen (secondary N) is 2. The van der Waals surface area contributed by atoms with Crippen LogP contribution in [0.4, 0.5) is 11.4 Å². The average molecular weight is 749 g/mol. The molecule has 2 N–H and O–H groups in total. The molecular formula is C40H50N3O7S2. The number of carbonyl (C=O) groups is 5. The maximum absolute atomic E-state index is 14.7. The highest BCUT2D eigenvalue weighted by Crippen LogP contribution is 2.51. The Morgan fingerprint density at radius 1 is 0.923 bits per heavy atom. The molecule has 279 valence electrons. The van der Waals surface area contributed by atoms with Crippen molar-refractivity contribution in [3.63, 3.8) is 0 Å². The van der Waals surface area contributed by atoms with E-state index in [1.54, 1.807) is 62.1 Å². The number of rotatable bonds is 16. The molecule has 3 aromatic rings. The molecule has 1 radical (unpaired) electrons. The van der Waals surface area contributed by atoms with E-state index in [2.05, 4.69) is 24.5 Å². The van der Waals surface area contributed by atoms with Crippen molar-refractivity contribution in [2.45, 2.75) is 94.6 Å². The lowest BCUT2D eigenvalue weighted by molar-refractivity contribution is -0.154. The summed E-state index contributed by atoms with van der Waals surface area (Å²) in [4.78, 5) is 70.9. The van der Waals surface area contributed by atoms with E-state index in [1.807, 2.05) is 42.7 Å². The summed E-state index contributed by atoms with van der Waals surface area (Å²) in [7, 11) is 0. The number of ether oxygens (including phenoxy) is 2. The minimum Gasteiger partial charge on any atom is -0.483 e. The molecule has 12 heteroatoms. The fourth-order valence-corrected chi connectivity index (χ4v) is 7.75. The van der Waals surface area contributed by atoms with E-state index >= 15 is 0 Å². The van der Waals surface area contributed by atoms with Gasteiger partial charge in [0.15, 0.2) is 11.7 Å². The first-order chi connectivity index (χ1) is 24.8. The van der Waals surface area contributed by atoms with Crippen LogP contribution in [0.2, 0.25) is 0 Å². The van der Waals surface area contributed by atoms with Crippen LogP contribution in [0.3, 0.4) is 0 Å². The molecule has 0 saturated heterocycles. The number of esters is 1. The molecule has 0 spiro atoms. The van der Waals surface area contributed by atoms with Crippen molar-refractivity contribution >= 4 is 63.7 Å². The molecule has 0 bridgehead atoms. The number of thioether (sulfide) groups is 1. The Bertz CT molecular complexity index is 1720. The lowest BCUT2D eigenvalue weighted by Gasteiger charge is -2.34.